The number of halogens is 3. The van der Waals surface area contributed by atoms with Crippen LogP contribution in [0.5, 0.6) is 0 Å². The minimum absolute atomic E-state index is 0.210. The molecule has 10 nitrogen and oxygen atoms in total. The normalized spacial score (nSPS) is 26.2. The lowest BCUT2D eigenvalue weighted by molar-refractivity contribution is -0.349. The average molecular weight is 607 g/mol. The maximum absolute atomic E-state index is 13.5. The summed E-state index contributed by atoms with van der Waals surface area (Å²) < 4.78 is 36.2. The molecule has 0 aromatic carbocycles. The molecule has 0 bridgehead atoms. The summed E-state index contributed by atoms with van der Waals surface area (Å²) in [7, 11) is 0. The third kappa shape index (κ3) is 9.74. The zero-order chi connectivity index (χ0) is 30.9. The second-order valence-electron chi connectivity index (χ2n) is 9.91. The molecule has 1 aliphatic carbocycles. The predicted octanol–water partition coefficient (Wildman–Crippen LogP) is 3.87. The van der Waals surface area contributed by atoms with Crippen LogP contribution in [-0.4, -0.2) is 72.2 Å². The Kier molecular flexibility index (Phi) is 11.8. The fraction of sp³-hybridized carbons (Fsp3) is 0.448. The van der Waals surface area contributed by atoms with Gasteiger partial charge in [0.05, 0.1) is 18.1 Å². The van der Waals surface area contributed by atoms with E-state index in [1.54, 1.807) is 36.6 Å². The van der Waals surface area contributed by atoms with Crippen molar-refractivity contribution in [3.63, 3.8) is 0 Å². The van der Waals surface area contributed by atoms with Crippen LogP contribution in [0.15, 0.2) is 82.6 Å². The van der Waals surface area contributed by atoms with Crippen molar-refractivity contribution in [2.24, 2.45) is 15.9 Å². The average Bonchev–Trinajstić information content (AvgIpc) is 3.52. The molecule has 5 atom stereocenters. The molecular weight excluding hydrogens is 570 g/mol. The lowest BCUT2D eigenvalue weighted by atomic mass is 9.98. The van der Waals surface area contributed by atoms with Crippen LogP contribution in [0.4, 0.5) is 8.78 Å². The van der Waals surface area contributed by atoms with Gasteiger partial charge in [-0.2, -0.15) is 4.99 Å². The fourth-order valence-corrected chi connectivity index (χ4v) is 4.60. The van der Waals surface area contributed by atoms with Crippen molar-refractivity contribution in [2.45, 2.75) is 64.2 Å². The maximum atomic E-state index is 13.5. The van der Waals surface area contributed by atoms with Gasteiger partial charge in [-0.25, -0.2) is 4.99 Å². The number of amidine groups is 1. The third-order valence-corrected chi connectivity index (χ3v) is 6.77. The Balaban J connectivity index is 1.65. The van der Waals surface area contributed by atoms with Crippen molar-refractivity contribution in [2.75, 3.05) is 13.1 Å². The van der Waals surface area contributed by atoms with Gasteiger partial charge in [0.1, 0.15) is 11.9 Å². The number of hydrogen-bond acceptors (Lipinski definition) is 5. The Hall–Kier alpha value is -3.61. The van der Waals surface area contributed by atoms with Crippen molar-refractivity contribution in [1.29, 1.82) is 0 Å². The molecule has 42 heavy (non-hydrogen) atoms. The number of amides is 2. The number of carbonyl (C=O) groups excluding carboxylic acids is 2. The summed E-state index contributed by atoms with van der Waals surface area (Å²) in [6, 6.07) is -0.810. The summed E-state index contributed by atoms with van der Waals surface area (Å²) in [5, 5.41) is 9.26. The van der Waals surface area contributed by atoms with Crippen LogP contribution in [0.3, 0.4) is 0 Å². The number of carbonyl (C=O) groups is 2. The number of allylic oxidation sites excluding steroid dienone is 4. The standard InChI is InChI=1S/C29H37ClF2N6O4/c1-6-26(37-28(33-7-2)35-22-11-12-24-25(15-22)42-29(31,32)41-24)38-14-13-21(17-38)27(40)36-23(16-34-20(5)39)18(3)9-8-10-19(4)30/h7-14,21-25H,2,4,6,15-17H2,1,3,5H3,(H,33,35)(H,34,39)(H,36,40)/b10-8-,18-9+,37-26+/t21-,22-,23?,24+,25?/m0/s1. The highest BCUT2D eigenvalue weighted by atomic mass is 35.5. The fourth-order valence-electron chi connectivity index (χ4n) is 4.52. The monoisotopic (exact) mass is 606 g/mol. The summed E-state index contributed by atoms with van der Waals surface area (Å²) in [4.78, 5) is 35.4. The van der Waals surface area contributed by atoms with Gasteiger partial charge >= 0.3 is 6.29 Å². The van der Waals surface area contributed by atoms with Crippen molar-refractivity contribution in [3.05, 3.63) is 72.6 Å². The SMILES string of the molecule is C=C/N=C(\N=C(/CC)N1C=C[C@H](C(=O)NC(CNC(C)=O)/C(C)=C/C=C\C(=C)Cl)C1)N[C@H]1C=C[C@H]2OC(F)(F)OC2C1. The van der Waals surface area contributed by atoms with Crippen LogP contribution in [0.25, 0.3) is 0 Å². The van der Waals surface area contributed by atoms with E-state index in [4.69, 9.17) is 16.3 Å². The number of ether oxygens (including phenoxy) is 2. The Labute approximate surface area is 249 Å². The van der Waals surface area contributed by atoms with Gasteiger partial charge in [-0.1, -0.05) is 62.1 Å². The molecule has 1 saturated heterocycles. The van der Waals surface area contributed by atoms with E-state index in [2.05, 4.69) is 43.8 Å². The van der Waals surface area contributed by atoms with Gasteiger partial charge in [0, 0.05) is 56.3 Å². The highest BCUT2D eigenvalue weighted by molar-refractivity contribution is 6.30. The summed E-state index contributed by atoms with van der Waals surface area (Å²) in [5.74, 6) is -0.0192. The largest absolute Gasteiger partial charge is 0.486 e. The van der Waals surface area contributed by atoms with E-state index < -0.39 is 30.5 Å². The molecule has 0 radical (unpaired) electrons. The number of hydrogen-bond donors (Lipinski definition) is 3. The number of fused-ring (bicyclic) bond motifs is 1. The summed E-state index contributed by atoms with van der Waals surface area (Å²) >= 11 is 5.78. The Bertz CT molecular complexity index is 1230. The van der Waals surface area contributed by atoms with E-state index >= 15 is 0 Å². The molecule has 2 amide bonds. The summed E-state index contributed by atoms with van der Waals surface area (Å²) in [6.07, 6.45) is 8.84. The van der Waals surface area contributed by atoms with Crippen molar-refractivity contribution in [3.8, 4) is 0 Å². The molecule has 0 spiro atoms. The number of nitrogens with one attached hydrogen (secondary N) is 3. The van der Waals surface area contributed by atoms with E-state index in [1.807, 2.05) is 18.7 Å². The van der Waals surface area contributed by atoms with Crippen LogP contribution < -0.4 is 16.0 Å². The number of nitrogens with zero attached hydrogens (tertiary/aromatic N) is 3. The van der Waals surface area contributed by atoms with Crippen molar-refractivity contribution < 1.29 is 27.8 Å². The topological polar surface area (TPSA) is 117 Å². The Morgan fingerprint density at radius 1 is 1.26 bits per heavy atom. The van der Waals surface area contributed by atoms with E-state index in [0.29, 0.717) is 23.8 Å². The number of alkyl halides is 2. The van der Waals surface area contributed by atoms with Crippen LogP contribution in [0.2, 0.25) is 0 Å². The summed E-state index contributed by atoms with van der Waals surface area (Å²) in [5.41, 5.74) is 0.818. The molecule has 0 aromatic heterocycles. The summed E-state index contributed by atoms with van der Waals surface area (Å²) in [6.45, 7) is 13.0. The highest BCUT2D eigenvalue weighted by Gasteiger charge is 2.50. The molecule has 2 heterocycles. The lowest BCUT2D eigenvalue weighted by Crippen LogP contribution is -2.46. The van der Waals surface area contributed by atoms with Crippen LogP contribution in [0, 0.1) is 5.92 Å². The molecule has 2 aliphatic heterocycles. The first-order chi connectivity index (χ1) is 19.9. The highest BCUT2D eigenvalue weighted by Crippen LogP contribution is 2.36. The van der Waals surface area contributed by atoms with Crippen molar-refractivity contribution in [1.82, 2.24) is 20.9 Å². The lowest BCUT2D eigenvalue weighted by Gasteiger charge is -2.26. The van der Waals surface area contributed by atoms with Crippen LogP contribution in [-0.2, 0) is 19.1 Å². The van der Waals surface area contributed by atoms with Crippen LogP contribution >= 0.6 is 11.6 Å². The molecule has 3 rings (SSSR count). The number of rotatable bonds is 10. The third-order valence-electron chi connectivity index (χ3n) is 6.64. The van der Waals surface area contributed by atoms with E-state index in [1.165, 1.54) is 19.2 Å². The van der Waals surface area contributed by atoms with Crippen LogP contribution in [0.1, 0.15) is 33.6 Å². The molecule has 1 fully saturated rings. The molecule has 0 aromatic rings. The van der Waals surface area contributed by atoms with Gasteiger partial charge in [0.2, 0.25) is 17.8 Å². The van der Waals surface area contributed by atoms with Crippen molar-refractivity contribution >= 4 is 35.2 Å². The molecular formula is C29H37ClF2N6O4. The van der Waals surface area contributed by atoms with Gasteiger partial charge in [-0.3, -0.25) is 19.1 Å². The smallest absolute Gasteiger partial charge is 0.354 e. The predicted molar refractivity (Wildman–Crippen MR) is 159 cm³/mol. The second kappa shape index (κ2) is 15.0. The van der Waals surface area contributed by atoms with Gasteiger partial charge in [0.15, 0.2) is 0 Å². The molecule has 3 aliphatic rings. The quantitative estimate of drug-likeness (QED) is 0.150. The van der Waals surface area contributed by atoms with E-state index in [9.17, 15) is 18.4 Å². The first-order valence-electron chi connectivity index (χ1n) is 13.5. The van der Waals surface area contributed by atoms with E-state index in [-0.39, 0.29) is 36.8 Å². The Morgan fingerprint density at radius 3 is 2.69 bits per heavy atom. The molecule has 13 heteroatoms. The number of guanidine groups is 1. The minimum Gasteiger partial charge on any atom is -0.354 e. The molecule has 0 saturated carbocycles. The zero-order valence-corrected chi connectivity index (χ0v) is 24.6. The molecule has 2 unspecified atom stereocenters. The maximum Gasteiger partial charge on any atom is 0.486 e. The first kappa shape index (κ1) is 32.9. The van der Waals surface area contributed by atoms with Gasteiger partial charge in [-0.15, -0.1) is 8.78 Å². The Morgan fingerprint density at radius 2 is 2.02 bits per heavy atom. The van der Waals surface area contributed by atoms with E-state index in [0.717, 1.165) is 5.57 Å². The van der Waals surface area contributed by atoms with Gasteiger partial charge in [-0.05, 0) is 18.6 Å². The molecule has 228 valence electrons. The first-order valence-corrected chi connectivity index (χ1v) is 13.9. The zero-order valence-electron chi connectivity index (χ0n) is 23.9. The second-order valence-corrected chi connectivity index (χ2v) is 10.4. The van der Waals surface area contributed by atoms with Gasteiger partial charge < -0.3 is 20.9 Å². The molecule has 3 N–H and O–H groups in total. The minimum atomic E-state index is -3.61. The van der Waals surface area contributed by atoms with Gasteiger partial charge in [0.25, 0.3) is 0 Å². The number of aliphatic imine (C=N–C) groups is 2.